The van der Waals surface area contributed by atoms with E-state index >= 15 is 0 Å². The highest BCUT2D eigenvalue weighted by atomic mass is 32.2. The molecule has 0 saturated heterocycles. The van der Waals surface area contributed by atoms with Gasteiger partial charge in [0.15, 0.2) is 9.84 Å². The van der Waals surface area contributed by atoms with Crippen LogP contribution in [0.4, 0.5) is 20.5 Å². The number of nitrogens with two attached hydrogens (primary N) is 1. The third-order valence-electron chi connectivity index (χ3n) is 3.67. The minimum absolute atomic E-state index is 0. The molecule has 4 N–H and O–H groups in total. The number of aromatic nitrogens is 2. The number of benzene rings is 1. The Morgan fingerprint density at radius 3 is 2.83 bits per heavy atom. The maximum Gasteiger partial charge on any atom is 0.257 e. The lowest BCUT2D eigenvalue weighted by molar-refractivity contribution is 0.159. The summed E-state index contributed by atoms with van der Waals surface area (Å²) in [6.07, 6.45) is 2.54. The molecule has 2 rings (SSSR count). The van der Waals surface area contributed by atoms with Crippen LogP contribution in [-0.4, -0.2) is 43.8 Å². The number of aliphatic imine (C=N–C) groups is 1. The Hall–Kier alpha value is -3.08. The fraction of sp³-hybridized carbons (Fsp3) is 0.278. The molecule has 0 aliphatic rings. The Bertz CT molecular complexity index is 1020. The second kappa shape index (κ2) is 9.92. The first-order valence-corrected chi connectivity index (χ1v) is 10.4. The van der Waals surface area contributed by atoms with Gasteiger partial charge >= 0.3 is 0 Å². The average molecular weight is 429 g/mol. The van der Waals surface area contributed by atoms with Gasteiger partial charge in [-0.3, -0.25) is 4.99 Å². The van der Waals surface area contributed by atoms with E-state index in [-0.39, 0.29) is 19.4 Å². The van der Waals surface area contributed by atoms with Crippen LogP contribution in [0.1, 0.15) is 14.0 Å². The molecule has 0 radical (unpaired) electrons. The Balaban J connectivity index is 0.00000450. The van der Waals surface area contributed by atoms with Crippen LogP contribution < -0.4 is 16.4 Å². The van der Waals surface area contributed by atoms with E-state index in [9.17, 15) is 17.2 Å². The van der Waals surface area contributed by atoms with Crippen LogP contribution in [0.2, 0.25) is 0 Å². The van der Waals surface area contributed by atoms with Crippen LogP contribution >= 0.6 is 0 Å². The number of nitrogens with one attached hydrogen (secondary N) is 2. The van der Waals surface area contributed by atoms with Gasteiger partial charge in [0.25, 0.3) is 6.43 Å². The van der Waals surface area contributed by atoms with Gasteiger partial charge in [0.1, 0.15) is 5.82 Å². The summed E-state index contributed by atoms with van der Waals surface area (Å²) in [5, 5.41) is 5.93. The Morgan fingerprint density at radius 1 is 1.41 bits per heavy atom. The van der Waals surface area contributed by atoms with Gasteiger partial charge in [0.2, 0.25) is 5.95 Å². The van der Waals surface area contributed by atoms with Gasteiger partial charge in [-0.25, -0.2) is 22.2 Å². The van der Waals surface area contributed by atoms with Crippen molar-refractivity contribution in [1.82, 2.24) is 9.97 Å². The van der Waals surface area contributed by atoms with Crippen LogP contribution in [0.15, 0.2) is 52.2 Å². The Morgan fingerprint density at radius 2 is 2.17 bits per heavy atom. The highest BCUT2D eigenvalue weighted by molar-refractivity contribution is 7.90. The molecule has 0 saturated carbocycles. The molecule has 0 aliphatic heterocycles. The topological polar surface area (TPSA) is 122 Å². The molecule has 0 bridgehead atoms. The zero-order valence-electron chi connectivity index (χ0n) is 15.9. The summed E-state index contributed by atoms with van der Waals surface area (Å²) in [7, 11) is -3.29. The first-order valence-electron chi connectivity index (χ1n) is 8.52. The molecule has 0 atom stereocenters. The first kappa shape index (κ1) is 22.2. The van der Waals surface area contributed by atoms with Gasteiger partial charge < -0.3 is 16.4 Å². The Labute approximate surface area is 170 Å². The summed E-state index contributed by atoms with van der Waals surface area (Å²) < 4.78 is 47.7. The fourth-order valence-corrected chi connectivity index (χ4v) is 2.92. The van der Waals surface area contributed by atoms with E-state index in [2.05, 4.69) is 25.6 Å². The van der Waals surface area contributed by atoms with Gasteiger partial charge in [-0.15, -0.1) is 0 Å². The normalized spacial score (nSPS) is 12.5. The summed E-state index contributed by atoms with van der Waals surface area (Å²) in [5.41, 5.74) is 7.26. The zero-order chi connectivity index (χ0) is 21.4. The molecule has 1 heterocycles. The van der Waals surface area contributed by atoms with Crippen LogP contribution in [0.3, 0.4) is 0 Å². The predicted octanol–water partition coefficient (Wildman–Crippen LogP) is 2.84. The summed E-state index contributed by atoms with van der Waals surface area (Å²) in [6.45, 7) is 1.52. The van der Waals surface area contributed by atoms with Gasteiger partial charge in [0.05, 0.1) is 17.1 Å². The highest BCUT2D eigenvalue weighted by Gasteiger charge is 2.09. The summed E-state index contributed by atoms with van der Waals surface area (Å²) >= 11 is 0. The quantitative estimate of drug-likeness (QED) is 0.525. The summed E-state index contributed by atoms with van der Waals surface area (Å²) in [4.78, 5) is 12.3. The van der Waals surface area contributed by atoms with E-state index in [0.29, 0.717) is 12.4 Å². The lowest BCUT2D eigenvalue weighted by Crippen LogP contribution is -2.10. The molecule has 0 unspecified atom stereocenters. The van der Waals surface area contributed by atoms with Crippen LogP contribution in [-0.2, 0) is 16.4 Å². The van der Waals surface area contributed by atoms with Crippen molar-refractivity contribution in [3.8, 4) is 0 Å². The number of halogens is 2. The average Bonchev–Trinajstić information content (AvgIpc) is 2.66. The van der Waals surface area contributed by atoms with Gasteiger partial charge in [-0.2, -0.15) is 4.98 Å². The molecular formula is C18H26F2N6O2S. The van der Waals surface area contributed by atoms with Crippen LogP contribution in [0.5, 0.6) is 0 Å². The third kappa shape index (κ3) is 7.11. The van der Waals surface area contributed by atoms with E-state index in [0.717, 1.165) is 17.4 Å². The number of hydrogen-bond donors (Lipinski definition) is 3. The SMILES string of the molecule is Cc1cnc(N/C(C=NCC(F)F)=C/N)nc1NCc1cccc(S(C)(=O)=O)c1.[HH].[HH]. The third-order valence-corrected chi connectivity index (χ3v) is 4.78. The minimum atomic E-state index is -3.29. The van der Waals surface area contributed by atoms with Crippen molar-refractivity contribution in [2.45, 2.75) is 24.8 Å². The number of allylic oxidation sites excluding steroid dienone is 1. The summed E-state index contributed by atoms with van der Waals surface area (Å²) in [5.74, 6) is 0.719. The van der Waals surface area contributed by atoms with Crippen molar-refractivity contribution >= 4 is 27.8 Å². The monoisotopic (exact) mass is 428 g/mol. The highest BCUT2D eigenvalue weighted by Crippen LogP contribution is 2.16. The molecule has 8 nitrogen and oxygen atoms in total. The van der Waals surface area contributed by atoms with E-state index in [1.807, 2.05) is 6.92 Å². The second-order valence-electron chi connectivity index (χ2n) is 6.13. The second-order valence-corrected chi connectivity index (χ2v) is 8.15. The van der Waals surface area contributed by atoms with Crippen molar-refractivity contribution in [3.63, 3.8) is 0 Å². The van der Waals surface area contributed by atoms with Crippen molar-refractivity contribution in [2.75, 3.05) is 23.4 Å². The molecule has 1 aromatic carbocycles. The Kier molecular flexibility index (Phi) is 7.59. The molecule has 0 spiro atoms. The lowest BCUT2D eigenvalue weighted by atomic mass is 10.2. The standard InChI is InChI=1S/C18H22F2N6O2S.2H2/c1-12-8-24-18(25-14(7-21)10-22-11-16(19)20)26-17(12)23-9-13-4-3-5-15(6-13)29(2,27)28;;/h3-8,10,16H,9,11,21H2,1-2H3,(H2,23,24,25,26);2*1H/b14-7+,22-10?;;. The molecule has 29 heavy (non-hydrogen) atoms. The van der Waals surface area contributed by atoms with Gasteiger partial charge in [-0.1, -0.05) is 12.1 Å². The molecule has 0 amide bonds. The molecular weight excluding hydrogens is 402 g/mol. The number of anilines is 2. The van der Waals surface area contributed by atoms with Crippen molar-refractivity contribution < 1.29 is 20.1 Å². The smallest absolute Gasteiger partial charge is 0.257 e. The molecule has 2 aromatic rings. The van der Waals surface area contributed by atoms with Gasteiger partial charge in [-0.05, 0) is 24.6 Å². The molecule has 1 aromatic heterocycles. The maximum atomic E-state index is 12.2. The van der Waals surface area contributed by atoms with Crippen molar-refractivity contribution in [1.29, 1.82) is 0 Å². The van der Waals surface area contributed by atoms with E-state index < -0.39 is 22.8 Å². The number of rotatable bonds is 9. The van der Waals surface area contributed by atoms with E-state index in [1.165, 1.54) is 18.5 Å². The fourth-order valence-electron chi connectivity index (χ4n) is 2.23. The predicted molar refractivity (Wildman–Crippen MR) is 113 cm³/mol. The number of hydrogen-bond acceptors (Lipinski definition) is 8. The molecule has 160 valence electrons. The van der Waals surface area contributed by atoms with E-state index in [1.54, 1.807) is 24.4 Å². The first-order chi connectivity index (χ1) is 13.7. The van der Waals surface area contributed by atoms with Gasteiger partial charge in [0, 0.05) is 39.8 Å². The number of aryl methyl sites for hydroxylation is 1. The van der Waals surface area contributed by atoms with Crippen molar-refractivity contribution in [2.24, 2.45) is 10.7 Å². The zero-order valence-corrected chi connectivity index (χ0v) is 16.7. The van der Waals surface area contributed by atoms with E-state index in [4.69, 9.17) is 5.73 Å². The number of sulfone groups is 1. The van der Waals surface area contributed by atoms with Crippen LogP contribution in [0, 0.1) is 6.92 Å². The summed E-state index contributed by atoms with van der Waals surface area (Å²) in [6, 6.07) is 6.59. The largest absolute Gasteiger partial charge is 0.403 e. The maximum absolute atomic E-state index is 12.2. The molecule has 11 heteroatoms. The lowest BCUT2D eigenvalue weighted by Gasteiger charge is -2.11. The van der Waals surface area contributed by atoms with Crippen molar-refractivity contribution in [3.05, 3.63) is 53.5 Å². The van der Waals surface area contributed by atoms with Crippen LogP contribution in [0.25, 0.3) is 0 Å². The number of nitrogens with zero attached hydrogens (tertiary/aromatic N) is 3. The number of alkyl halides is 2. The molecule has 0 fully saturated rings. The molecule has 0 aliphatic carbocycles. The minimum Gasteiger partial charge on any atom is -0.403 e.